The predicted molar refractivity (Wildman–Crippen MR) is 77.2 cm³/mol. The summed E-state index contributed by atoms with van der Waals surface area (Å²) in [4.78, 5) is 3.56. The molecule has 0 amide bonds. The lowest BCUT2D eigenvalue weighted by Gasteiger charge is -2.26. The van der Waals surface area contributed by atoms with Crippen LogP contribution in [0.4, 0.5) is 5.82 Å². The van der Waals surface area contributed by atoms with E-state index in [4.69, 9.17) is 11.6 Å². The molecule has 0 atom stereocenters. The summed E-state index contributed by atoms with van der Waals surface area (Å²) < 4.78 is 0. The lowest BCUT2D eigenvalue weighted by molar-refractivity contribution is 0.669. The van der Waals surface area contributed by atoms with Crippen LogP contribution in [0.1, 0.15) is 24.4 Å². The van der Waals surface area contributed by atoms with Crippen LogP contribution in [0.3, 0.4) is 0 Å². The third kappa shape index (κ3) is 3.21. The maximum Gasteiger partial charge on any atom is 0.151 e. The van der Waals surface area contributed by atoms with Gasteiger partial charge in [-0.3, -0.25) is 0 Å². The molecule has 5 heteroatoms. The summed E-state index contributed by atoms with van der Waals surface area (Å²) in [5.41, 5.74) is 0.806. The molecule has 0 radical (unpaired) electrons. The number of alkyl halides is 1. The van der Waals surface area contributed by atoms with E-state index in [1.807, 2.05) is 12.1 Å². The molecule has 0 saturated carbocycles. The molecule has 0 spiro atoms. The molecule has 2 aromatic heterocycles. The molecule has 3 nitrogen and oxygen atoms in total. The SMILES string of the molecule is CC(C)N(Cc1cccs1)c1ccc(CCl)nn1. The zero-order chi connectivity index (χ0) is 13.0. The van der Waals surface area contributed by atoms with E-state index in [2.05, 4.69) is 46.5 Å². The topological polar surface area (TPSA) is 29.0 Å². The van der Waals surface area contributed by atoms with Crippen molar-refractivity contribution >= 4 is 28.8 Å². The molecular weight excluding hydrogens is 266 g/mol. The number of nitrogens with zero attached hydrogens (tertiary/aromatic N) is 3. The van der Waals surface area contributed by atoms with E-state index >= 15 is 0 Å². The van der Waals surface area contributed by atoms with Gasteiger partial charge < -0.3 is 4.90 Å². The fourth-order valence-corrected chi connectivity index (χ4v) is 2.52. The second kappa shape index (κ2) is 6.16. The first-order valence-corrected chi connectivity index (χ1v) is 7.29. The quantitative estimate of drug-likeness (QED) is 0.783. The summed E-state index contributed by atoms with van der Waals surface area (Å²) in [7, 11) is 0. The molecule has 2 rings (SSSR count). The molecule has 0 aliphatic heterocycles. The highest BCUT2D eigenvalue weighted by molar-refractivity contribution is 7.09. The van der Waals surface area contributed by atoms with E-state index in [-0.39, 0.29) is 0 Å². The molecular formula is C13H16ClN3S. The number of halogens is 1. The summed E-state index contributed by atoms with van der Waals surface area (Å²) in [6, 6.07) is 8.50. The lowest BCUT2D eigenvalue weighted by Crippen LogP contribution is -2.30. The molecule has 96 valence electrons. The van der Waals surface area contributed by atoms with Crippen molar-refractivity contribution in [1.82, 2.24) is 10.2 Å². The van der Waals surface area contributed by atoms with Gasteiger partial charge in [0.05, 0.1) is 18.1 Å². The molecule has 2 aromatic rings. The van der Waals surface area contributed by atoms with Crippen LogP contribution < -0.4 is 4.90 Å². The number of hydrogen-bond acceptors (Lipinski definition) is 4. The van der Waals surface area contributed by atoms with Crippen molar-refractivity contribution in [1.29, 1.82) is 0 Å². The maximum atomic E-state index is 5.72. The molecule has 0 aliphatic carbocycles. The van der Waals surface area contributed by atoms with E-state index in [0.29, 0.717) is 11.9 Å². The number of thiophene rings is 1. The van der Waals surface area contributed by atoms with Crippen molar-refractivity contribution in [2.24, 2.45) is 0 Å². The Bertz CT molecular complexity index is 467. The fraction of sp³-hybridized carbons (Fsp3) is 0.385. The second-order valence-corrected chi connectivity index (χ2v) is 5.62. The smallest absolute Gasteiger partial charge is 0.151 e. The van der Waals surface area contributed by atoms with Gasteiger partial charge in [-0.25, -0.2) is 0 Å². The van der Waals surface area contributed by atoms with Crippen molar-refractivity contribution in [3.63, 3.8) is 0 Å². The highest BCUT2D eigenvalue weighted by atomic mass is 35.5. The van der Waals surface area contributed by atoms with Gasteiger partial charge >= 0.3 is 0 Å². The van der Waals surface area contributed by atoms with Crippen LogP contribution in [0.15, 0.2) is 29.6 Å². The third-order valence-electron chi connectivity index (χ3n) is 2.67. The minimum atomic E-state index is 0.378. The minimum Gasteiger partial charge on any atom is -0.348 e. The van der Waals surface area contributed by atoms with Gasteiger partial charge in [-0.05, 0) is 37.4 Å². The van der Waals surface area contributed by atoms with Crippen LogP contribution in [-0.2, 0) is 12.4 Å². The highest BCUT2D eigenvalue weighted by Gasteiger charge is 2.13. The predicted octanol–water partition coefficient (Wildman–Crippen LogP) is 3.69. The summed E-state index contributed by atoms with van der Waals surface area (Å²) in [5.74, 6) is 1.30. The standard InChI is InChI=1S/C13H16ClN3S/c1-10(2)17(9-12-4-3-7-18-12)13-6-5-11(8-14)15-16-13/h3-7,10H,8-9H2,1-2H3. The Labute approximate surface area is 116 Å². The van der Waals surface area contributed by atoms with Crippen molar-refractivity contribution in [2.75, 3.05) is 4.90 Å². The van der Waals surface area contributed by atoms with Crippen LogP contribution in [-0.4, -0.2) is 16.2 Å². The van der Waals surface area contributed by atoms with Gasteiger partial charge in [-0.2, -0.15) is 5.10 Å². The Kier molecular flexibility index (Phi) is 4.55. The van der Waals surface area contributed by atoms with Gasteiger partial charge in [0.1, 0.15) is 0 Å². The van der Waals surface area contributed by atoms with Gasteiger partial charge in [-0.15, -0.1) is 28.0 Å². The van der Waals surface area contributed by atoms with Crippen LogP contribution in [0.5, 0.6) is 0 Å². The van der Waals surface area contributed by atoms with E-state index in [1.165, 1.54) is 4.88 Å². The highest BCUT2D eigenvalue weighted by Crippen LogP contribution is 2.19. The number of aromatic nitrogens is 2. The molecule has 0 saturated heterocycles. The van der Waals surface area contributed by atoms with Crippen molar-refractivity contribution in [2.45, 2.75) is 32.3 Å². The maximum absolute atomic E-state index is 5.72. The normalized spacial score (nSPS) is 10.9. The first-order valence-electron chi connectivity index (χ1n) is 5.88. The summed E-state index contributed by atoms with van der Waals surface area (Å²) in [6.45, 7) is 5.18. The number of hydrogen-bond donors (Lipinski definition) is 0. The average Bonchev–Trinajstić information content (AvgIpc) is 2.89. The molecule has 0 bridgehead atoms. The fourth-order valence-electron chi connectivity index (χ4n) is 1.68. The van der Waals surface area contributed by atoms with Gasteiger partial charge in [0.25, 0.3) is 0 Å². The third-order valence-corrected chi connectivity index (χ3v) is 3.80. The number of rotatable bonds is 5. The molecule has 0 fully saturated rings. The Morgan fingerprint density at radius 3 is 2.61 bits per heavy atom. The van der Waals surface area contributed by atoms with Crippen molar-refractivity contribution in [3.05, 3.63) is 40.2 Å². The van der Waals surface area contributed by atoms with Crippen LogP contribution >= 0.6 is 22.9 Å². The van der Waals surface area contributed by atoms with Gasteiger partial charge in [0, 0.05) is 10.9 Å². The van der Waals surface area contributed by atoms with Crippen molar-refractivity contribution < 1.29 is 0 Å². The Balaban J connectivity index is 2.18. The summed E-state index contributed by atoms with van der Waals surface area (Å²) in [5, 5.41) is 10.5. The van der Waals surface area contributed by atoms with Crippen LogP contribution in [0.2, 0.25) is 0 Å². The van der Waals surface area contributed by atoms with E-state index < -0.39 is 0 Å². The van der Waals surface area contributed by atoms with Crippen LogP contribution in [0.25, 0.3) is 0 Å². The Morgan fingerprint density at radius 1 is 1.28 bits per heavy atom. The zero-order valence-corrected chi connectivity index (χ0v) is 12.1. The lowest BCUT2D eigenvalue weighted by atomic mass is 10.3. The van der Waals surface area contributed by atoms with Gasteiger partial charge in [-0.1, -0.05) is 6.07 Å². The van der Waals surface area contributed by atoms with E-state index in [1.54, 1.807) is 11.3 Å². The van der Waals surface area contributed by atoms with E-state index in [0.717, 1.165) is 18.1 Å². The first-order chi connectivity index (χ1) is 8.70. The number of anilines is 1. The Hall–Kier alpha value is -1.13. The molecule has 0 unspecified atom stereocenters. The zero-order valence-electron chi connectivity index (χ0n) is 10.5. The van der Waals surface area contributed by atoms with Crippen LogP contribution in [0, 0.1) is 0 Å². The van der Waals surface area contributed by atoms with Crippen molar-refractivity contribution in [3.8, 4) is 0 Å². The largest absolute Gasteiger partial charge is 0.348 e. The second-order valence-electron chi connectivity index (χ2n) is 4.32. The molecule has 18 heavy (non-hydrogen) atoms. The average molecular weight is 282 g/mol. The molecule has 0 aromatic carbocycles. The van der Waals surface area contributed by atoms with Gasteiger partial charge in [0.2, 0.25) is 0 Å². The first kappa shape index (κ1) is 13.3. The minimum absolute atomic E-state index is 0.378. The molecule has 0 N–H and O–H groups in total. The van der Waals surface area contributed by atoms with E-state index in [9.17, 15) is 0 Å². The monoisotopic (exact) mass is 281 g/mol. The summed E-state index contributed by atoms with van der Waals surface area (Å²) in [6.07, 6.45) is 0. The summed E-state index contributed by atoms with van der Waals surface area (Å²) >= 11 is 7.48. The Morgan fingerprint density at radius 2 is 2.11 bits per heavy atom. The molecule has 0 aliphatic rings. The molecule has 2 heterocycles. The van der Waals surface area contributed by atoms with Gasteiger partial charge in [0.15, 0.2) is 5.82 Å².